The van der Waals surface area contributed by atoms with Crippen LogP contribution in [0.25, 0.3) is 10.9 Å². The lowest BCUT2D eigenvalue weighted by Gasteiger charge is -2.34. The minimum absolute atomic E-state index is 0.0755. The number of hydrogen-bond donors (Lipinski definition) is 1. The molecule has 9 heteroatoms. The molecule has 0 radical (unpaired) electrons. The summed E-state index contributed by atoms with van der Waals surface area (Å²) >= 11 is 0. The van der Waals surface area contributed by atoms with Crippen molar-refractivity contribution in [3.8, 4) is 0 Å². The summed E-state index contributed by atoms with van der Waals surface area (Å²) < 4.78 is 6.99. The van der Waals surface area contributed by atoms with Gasteiger partial charge in [-0.15, -0.1) is 0 Å². The molecule has 1 unspecified atom stereocenters. The van der Waals surface area contributed by atoms with Crippen LogP contribution < -0.4 is 15.6 Å². The maximum atomic E-state index is 13.1. The summed E-state index contributed by atoms with van der Waals surface area (Å²) in [6, 6.07) is 1.72. The number of esters is 1. The van der Waals surface area contributed by atoms with Crippen molar-refractivity contribution in [3.05, 3.63) is 43.7 Å². The van der Waals surface area contributed by atoms with Gasteiger partial charge in [-0.25, -0.2) is 4.79 Å². The molecule has 1 aromatic carbocycles. The quantitative estimate of drug-likeness (QED) is 0.455. The number of piperazine rings is 1. The third kappa shape index (κ3) is 3.43. The summed E-state index contributed by atoms with van der Waals surface area (Å²) in [7, 11) is 0. The number of nitro benzene ring substituents is 1. The molecule has 0 spiro atoms. The van der Waals surface area contributed by atoms with E-state index in [2.05, 4.69) is 5.32 Å². The molecule has 0 bridgehead atoms. The van der Waals surface area contributed by atoms with Gasteiger partial charge in [-0.1, -0.05) is 0 Å². The zero-order valence-electron chi connectivity index (χ0n) is 17.4. The van der Waals surface area contributed by atoms with E-state index in [0.717, 1.165) is 19.4 Å². The summed E-state index contributed by atoms with van der Waals surface area (Å²) in [6.45, 7) is 7.72. The number of nitrogens with zero attached hydrogens (tertiary/aromatic N) is 3. The lowest BCUT2D eigenvalue weighted by molar-refractivity contribution is -0.384. The lowest BCUT2D eigenvalue weighted by atomic mass is 10.0. The van der Waals surface area contributed by atoms with Gasteiger partial charge < -0.3 is 19.5 Å². The van der Waals surface area contributed by atoms with Crippen molar-refractivity contribution in [2.75, 3.05) is 31.1 Å². The number of fused-ring (bicyclic) bond motifs is 1. The van der Waals surface area contributed by atoms with E-state index in [9.17, 15) is 19.7 Å². The average Bonchev–Trinajstić information content (AvgIpc) is 3.53. The number of hydrogen-bond acceptors (Lipinski definition) is 7. The fourth-order valence-corrected chi connectivity index (χ4v) is 4.36. The number of ether oxygens (including phenoxy) is 1. The molecule has 4 rings (SSSR count). The SMILES string of the molecule is CCOC(=O)c1cn(C2CC2)c2c(C)c(N3CCNC(C)C3)c([N+](=O)[O-])cc2c1=O. The topological polar surface area (TPSA) is 107 Å². The second-order valence-electron chi connectivity index (χ2n) is 8.05. The van der Waals surface area contributed by atoms with E-state index in [4.69, 9.17) is 4.74 Å². The van der Waals surface area contributed by atoms with Gasteiger partial charge in [-0.05, 0) is 33.6 Å². The highest BCUT2D eigenvalue weighted by molar-refractivity contribution is 5.98. The van der Waals surface area contributed by atoms with Crippen molar-refractivity contribution in [3.63, 3.8) is 0 Å². The van der Waals surface area contributed by atoms with Gasteiger partial charge in [0.1, 0.15) is 11.3 Å². The molecule has 2 fully saturated rings. The fourth-order valence-electron chi connectivity index (χ4n) is 4.36. The number of benzene rings is 1. The minimum atomic E-state index is -0.695. The van der Waals surface area contributed by atoms with Gasteiger partial charge in [-0.3, -0.25) is 14.9 Å². The maximum absolute atomic E-state index is 13.1. The third-order valence-corrected chi connectivity index (χ3v) is 5.82. The zero-order valence-corrected chi connectivity index (χ0v) is 17.4. The first-order valence-electron chi connectivity index (χ1n) is 10.4. The standard InChI is InChI=1S/C21H26N4O5/c1-4-30-21(27)16-11-24(14-5-6-14)18-13(3)19(23-8-7-22-12(2)10-23)17(25(28)29)9-15(18)20(16)26/h9,11-12,14,22H,4-8,10H2,1-3H3. The highest BCUT2D eigenvalue weighted by Gasteiger charge is 2.33. The Morgan fingerprint density at radius 2 is 2.13 bits per heavy atom. The first kappa shape index (κ1) is 20.3. The van der Waals surface area contributed by atoms with Gasteiger partial charge in [0.25, 0.3) is 5.69 Å². The first-order valence-corrected chi connectivity index (χ1v) is 10.4. The van der Waals surface area contributed by atoms with E-state index in [1.807, 2.05) is 23.3 Å². The Bertz CT molecular complexity index is 1090. The van der Waals surface area contributed by atoms with Crippen LogP contribution in [0.5, 0.6) is 0 Å². The molecule has 1 saturated carbocycles. The van der Waals surface area contributed by atoms with Crippen LogP contribution in [0.15, 0.2) is 17.1 Å². The molecule has 0 amide bonds. The monoisotopic (exact) mass is 414 g/mol. The number of carbonyl (C=O) groups excluding carboxylic acids is 1. The van der Waals surface area contributed by atoms with Crippen molar-refractivity contribution >= 4 is 28.2 Å². The molecule has 1 aliphatic heterocycles. The largest absolute Gasteiger partial charge is 0.462 e. The number of aromatic nitrogens is 1. The molecule has 2 aromatic rings. The van der Waals surface area contributed by atoms with Gasteiger partial charge in [0, 0.05) is 49.5 Å². The zero-order chi connectivity index (χ0) is 21.6. The van der Waals surface area contributed by atoms with Crippen LogP contribution in [0.4, 0.5) is 11.4 Å². The Morgan fingerprint density at radius 1 is 1.40 bits per heavy atom. The molecule has 1 N–H and O–H groups in total. The van der Waals surface area contributed by atoms with E-state index < -0.39 is 16.3 Å². The Balaban J connectivity index is 2.02. The molecule has 1 aromatic heterocycles. The van der Waals surface area contributed by atoms with Crippen LogP contribution in [0.2, 0.25) is 0 Å². The van der Waals surface area contributed by atoms with Gasteiger partial charge in [0.05, 0.1) is 22.4 Å². The molecule has 30 heavy (non-hydrogen) atoms. The van der Waals surface area contributed by atoms with E-state index in [-0.39, 0.29) is 35.3 Å². The Kier molecular flexibility index (Phi) is 5.23. The van der Waals surface area contributed by atoms with Crippen LogP contribution in [0.3, 0.4) is 0 Å². The highest BCUT2D eigenvalue weighted by Crippen LogP contribution is 2.42. The van der Waals surface area contributed by atoms with Gasteiger partial charge in [0.15, 0.2) is 0 Å². The molecule has 1 aliphatic carbocycles. The minimum Gasteiger partial charge on any atom is -0.462 e. The van der Waals surface area contributed by atoms with Crippen LogP contribution in [0.1, 0.15) is 48.7 Å². The van der Waals surface area contributed by atoms with Crippen LogP contribution in [0, 0.1) is 17.0 Å². The maximum Gasteiger partial charge on any atom is 0.343 e. The summed E-state index contributed by atoms with van der Waals surface area (Å²) in [5.74, 6) is -0.695. The van der Waals surface area contributed by atoms with Crippen molar-refractivity contribution in [1.29, 1.82) is 0 Å². The first-order chi connectivity index (χ1) is 14.3. The highest BCUT2D eigenvalue weighted by atomic mass is 16.6. The van der Waals surface area contributed by atoms with Gasteiger partial charge in [0.2, 0.25) is 5.43 Å². The van der Waals surface area contributed by atoms with Crippen molar-refractivity contribution < 1.29 is 14.5 Å². The van der Waals surface area contributed by atoms with Gasteiger partial charge in [-0.2, -0.15) is 0 Å². The van der Waals surface area contributed by atoms with Gasteiger partial charge >= 0.3 is 5.97 Å². The van der Waals surface area contributed by atoms with Crippen LogP contribution in [-0.2, 0) is 4.74 Å². The van der Waals surface area contributed by atoms with Crippen molar-refractivity contribution in [1.82, 2.24) is 9.88 Å². The molecule has 9 nitrogen and oxygen atoms in total. The summed E-state index contributed by atoms with van der Waals surface area (Å²) in [4.78, 5) is 39.1. The Morgan fingerprint density at radius 3 is 2.73 bits per heavy atom. The van der Waals surface area contributed by atoms with E-state index in [0.29, 0.717) is 29.9 Å². The normalized spacial score (nSPS) is 19.2. The lowest BCUT2D eigenvalue weighted by Crippen LogP contribution is -2.49. The Labute approximate surface area is 173 Å². The number of carbonyl (C=O) groups is 1. The molecule has 1 saturated heterocycles. The number of aryl methyl sites for hydroxylation is 1. The Hall–Kier alpha value is -2.94. The average molecular weight is 414 g/mol. The molecule has 160 valence electrons. The molecule has 2 aliphatic rings. The number of nitrogens with one attached hydrogen (secondary N) is 1. The molecular formula is C21H26N4O5. The molecule has 2 heterocycles. The van der Waals surface area contributed by atoms with E-state index >= 15 is 0 Å². The molecular weight excluding hydrogens is 388 g/mol. The summed E-state index contributed by atoms with van der Waals surface area (Å²) in [6.07, 6.45) is 3.46. The van der Waals surface area contributed by atoms with Crippen LogP contribution in [-0.4, -0.2) is 47.7 Å². The fraction of sp³-hybridized carbons (Fsp3) is 0.524. The number of rotatable bonds is 5. The predicted molar refractivity (Wildman–Crippen MR) is 114 cm³/mol. The molecule has 1 atom stereocenters. The third-order valence-electron chi connectivity index (χ3n) is 5.82. The number of nitro groups is 1. The summed E-state index contributed by atoms with van der Waals surface area (Å²) in [5.41, 5.74) is 1.23. The second kappa shape index (κ2) is 7.71. The number of pyridine rings is 1. The second-order valence-corrected chi connectivity index (χ2v) is 8.05. The van der Waals surface area contributed by atoms with Crippen molar-refractivity contribution in [2.24, 2.45) is 0 Å². The predicted octanol–water partition coefficient (Wildman–Crippen LogP) is 2.53. The van der Waals surface area contributed by atoms with Crippen LogP contribution >= 0.6 is 0 Å². The smallest absolute Gasteiger partial charge is 0.343 e. The number of anilines is 1. The summed E-state index contributed by atoms with van der Waals surface area (Å²) in [5, 5.41) is 15.5. The van der Waals surface area contributed by atoms with E-state index in [1.165, 1.54) is 6.07 Å². The van der Waals surface area contributed by atoms with E-state index in [1.54, 1.807) is 13.1 Å². The van der Waals surface area contributed by atoms with Crippen molar-refractivity contribution in [2.45, 2.75) is 45.7 Å².